The van der Waals surface area contributed by atoms with Crippen LogP contribution < -0.4 is 9.46 Å². The normalized spacial score (nSPS) is 15.0. The summed E-state index contributed by atoms with van der Waals surface area (Å²) in [5.74, 6) is -0.654. The van der Waals surface area contributed by atoms with Crippen LogP contribution in [0.25, 0.3) is 0 Å². The van der Waals surface area contributed by atoms with Crippen molar-refractivity contribution in [1.82, 2.24) is 4.90 Å². The average Bonchev–Trinajstić information content (AvgIpc) is 2.74. The molecule has 1 saturated carbocycles. The molecule has 1 fully saturated rings. The van der Waals surface area contributed by atoms with Crippen LogP contribution >= 0.6 is 0 Å². The van der Waals surface area contributed by atoms with Crippen molar-refractivity contribution in [3.05, 3.63) is 53.8 Å². The first kappa shape index (κ1) is 21.1. The van der Waals surface area contributed by atoms with Crippen molar-refractivity contribution in [2.45, 2.75) is 43.0 Å². The lowest BCUT2D eigenvalue weighted by molar-refractivity contribution is 0.0696. The van der Waals surface area contributed by atoms with Gasteiger partial charge in [-0.2, -0.15) is 0 Å². The standard InChI is InChI=1S/C21H25FN2O4S/c1-24(17-6-4-3-5-7-17)21(25)15-8-13-19(22)20(14-15)29(26,27)23-16-9-11-18(28-2)12-10-16/h8-14,17,23H,3-7H2,1-2H3. The molecule has 0 bridgehead atoms. The maximum atomic E-state index is 14.3. The molecule has 156 valence electrons. The number of nitrogens with one attached hydrogen (secondary N) is 1. The van der Waals surface area contributed by atoms with E-state index in [0.717, 1.165) is 44.2 Å². The third kappa shape index (κ3) is 4.87. The van der Waals surface area contributed by atoms with E-state index in [1.165, 1.54) is 25.3 Å². The van der Waals surface area contributed by atoms with E-state index >= 15 is 0 Å². The minimum atomic E-state index is -4.21. The number of rotatable bonds is 6. The summed E-state index contributed by atoms with van der Waals surface area (Å²) in [6, 6.07) is 9.77. The first-order valence-corrected chi connectivity index (χ1v) is 11.0. The Morgan fingerprint density at radius 2 is 1.76 bits per heavy atom. The Labute approximate surface area is 170 Å². The number of ether oxygens (including phenoxy) is 1. The largest absolute Gasteiger partial charge is 0.497 e. The molecule has 3 rings (SSSR count). The van der Waals surface area contributed by atoms with Gasteiger partial charge in [0.05, 0.1) is 7.11 Å². The number of halogens is 1. The van der Waals surface area contributed by atoms with Crippen LogP contribution in [0.15, 0.2) is 47.4 Å². The zero-order valence-corrected chi connectivity index (χ0v) is 17.3. The molecule has 0 saturated heterocycles. The Kier molecular flexibility index (Phi) is 6.42. The zero-order valence-electron chi connectivity index (χ0n) is 16.5. The number of carbonyl (C=O) groups is 1. The molecule has 1 aliphatic carbocycles. The van der Waals surface area contributed by atoms with E-state index in [-0.39, 0.29) is 23.2 Å². The molecule has 1 amide bonds. The number of hydrogen-bond donors (Lipinski definition) is 1. The molecule has 0 unspecified atom stereocenters. The van der Waals surface area contributed by atoms with E-state index < -0.39 is 20.7 Å². The third-order valence-corrected chi connectivity index (χ3v) is 6.65. The molecule has 0 aliphatic heterocycles. The maximum Gasteiger partial charge on any atom is 0.264 e. The quantitative estimate of drug-likeness (QED) is 0.765. The fraction of sp³-hybridized carbons (Fsp3) is 0.381. The summed E-state index contributed by atoms with van der Waals surface area (Å²) in [6.07, 6.45) is 5.14. The fourth-order valence-electron chi connectivity index (χ4n) is 3.55. The summed E-state index contributed by atoms with van der Waals surface area (Å²) >= 11 is 0. The van der Waals surface area contributed by atoms with Crippen LogP contribution in [0.2, 0.25) is 0 Å². The Balaban J connectivity index is 1.84. The third-order valence-electron chi connectivity index (χ3n) is 5.25. The van der Waals surface area contributed by atoms with Gasteiger partial charge in [0, 0.05) is 24.3 Å². The van der Waals surface area contributed by atoms with E-state index in [1.807, 2.05) is 0 Å². The number of hydrogen-bond acceptors (Lipinski definition) is 4. The highest BCUT2D eigenvalue weighted by molar-refractivity contribution is 7.92. The summed E-state index contributed by atoms with van der Waals surface area (Å²) in [7, 11) is -0.992. The van der Waals surface area contributed by atoms with Gasteiger partial charge in [0.15, 0.2) is 0 Å². The minimum absolute atomic E-state index is 0.124. The lowest BCUT2D eigenvalue weighted by Gasteiger charge is -2.31. The number of sulfonamides is 1. The van der Waals surface area contributed by atoms with E-state index in [4.69, 9.17) is 4.74 Å². The van der Waals surface area contributed by atoms with Crippen molar-refractivity contribution in [1.29, 1.82) is 0 Å². The smallest absolute Gasteiger partial charge is 0.264 e. The number of benzene rings is 2. The highest BCUT2D eigenvalue weighted by Gasteiger charge is 2.26. The van der Waals surface area contributed by atoms with Crippen molar-refractivity contribution in [2.75, 3.05) is 18.9 Å². The number of anilines is 1. The molecule has 2 aromatic carbocycles. The lowest BCUT2D eigenvalue weighted by atomic mass is 9.94. The molecular weight excluding hydrogens is 395 g/mol. The first-order valence-electron chi connectivity index (χ1n) is 9.55. The first-order chi connectivity index (χ1) is 13.8. The fourth-order valence-corrected chi connectivity index (χ4v) is 4.71. The molecule has 1 N–H and O–H groups in total. The molecular formula is C21H25FN2O4S. The topological polar surface area (TPSA) is 75.7 Å². The molecule has 0 heterocycles. The van der Waals surface area contributed by atoms with Gasteiger partial charge in [-0.1, -0.05) is 19.3 Å². The molecule has 6 nitrogen and oxygen atoms in total. The van der Waals surface area contributed by atoms with Crippen LogP contribution in [0.5, 0.6) is 5.75 Å². The van der Waals surface area contributed by atoms with Crippen LogP contribution in [-0.2, 0) is 10.0 Å². The van der Waals surface area contributed by atoms with Gasteiger partial charge in [-0.25, -0.2) is 12.8 Å². The van der Waals surface area contributed by atoms with Gasteiger partial charge in [0.2, 0.25) is 0 Å². The molecule has 0 atom stereocenters. The predicted octanol–water partition coefficient (Wildman–Crippen LogP) is 4.04. The molecule has 1 aliphatic rings. The number of carbonyl (C=O) groups excluding carboxylic acids is 1. The maximum absolute atomic E-state index is 14.3. The molecule has 0 spiro atoms. The average molecular weight is 421 g/mol. The van der Waals surface area contributed by atoms with Gasteiger partial charge in [-0.15, -0.1) is 0 Å². The van der Waals surface area contributed by atoms with Crippen molar-refractivity contribution in [3.63, 3.8) is 0 Å². The van der Waals surface area contributed by atoms with E-state index in [9.17, 15) is 17.6 Å². The summed E-state index contributed by atoms with van der Waals surface area (Å²) in [6.45, 7) is 0. The van der Waals surface area contributed by atoms with Crippen LogP contribution in [0.4, 0.5) is 10.1 Å². The number of nitrogens with zero attached hydrogens (tertiary/aromatic N) is 1. The van der Waals surface area contributed by atoms with Gasteiger partial charge in [0.1, 0.15) is 16.5 Å². The van der Waals surface area contributed by atoms with Crippen LogP contribution in [0.3, 0.4) is 0 Å². The number of methoxy groups -OCH3 is 1. The van der Waals surface area contributed by atoms with Gasteiger partial charge in [-0.05, 0) is 55.3 Å². The van der Waals surface area contributed by atoms with Crippen molar-refractivity contribution >= 4 is 21.6 Å². The van der Waals surface area contributed by atoms with Gasteiger partial charge in [0.25, 0.3) is 15.9 Å². The number of amides is 1. The monoisotopic (exact) mass is 420 g/mol. The van der Waals surface area contributed by atoms with Gasteiger partial charge < -0.3 is 9.64 Å². The van der Waals surface area contributed by atoms with Gasteiger partial charge >= 0.3 is 0 Å². The van der Waals surface area contributed by atoms with Crippen molar-refractivity contribution < 1.29 is 22.3 Å². The van der Waals surface area contributed by atoms with E-state index in [0.29, 0.717) is 5.75 Å². The van der Waals surface area contributed by atoms with Crippen molar-refractivity contribution in [3.8, 4) is 5.75 Å². The SMILES string of the molecule is COc1ccc(NS(=O)(=O)c2cc(C(=O)N(C)C3CCCCC3)ccc2F)cc1. The minimum Gasteiger partial charge on any atom is -0.497 e. The lowest BCUT2D eigenvalue weighted by Crippen LogP contribution is -2.38. The van der Waals surface area contributed by atoms with Crippen LogP contribution in [0, 0.1) is 5.82 Å². The zero-order chi connectivity index (χ0) is 21.0. The second-order valence-corrected chi connectivity index (χ2v) is 8.84. The highest BCUT2D eigenvalue weighted by Crippen LogP contribution is 2.25. The predicted molar refractivity (Wildman–Crippen MR) is 109 cm³/mol. The van der Waals surface area contributed by atoms with Gasteiger partial charge in [-0.3, -0.25) is 9.52 Å². The molecule has 29 heavy (non-hydrogen) atoms. The summed E-state index contributed by atoms with van der Waals surface area (Å²) in [5, 5.41) is 0. The summed E-state index contributed by atoms with van der Waals surface area (Å²) < 4.78 is 47.1. The van der Waals surface area contributed by atoms with Crippen LogP contribution in [-0.4, -0.2) is 39.4 Å². The Hall–Kier alpha value is -2.61. The Bertz CT molecular complexity index is 971. The Morgan fingerprint density at radius 3 is 2.38 bits per heavy atom. The molecule has 0 aromatic heterocycles. The van der Waals surface area contributed by atoms with Crippen molar-refractivity contribution in [2.24, 2.45) is 0 Å². The second-order valence-electron chi connectivity index (χ2n) is 7.19. The van der Waals surface area contributed by atoms with E-state index in [1.54, 1.807) is 24.1 Å². The van der Waals surface area contributed by atoms with Crippen LogP contribution in [0.1, 0.15) is 42.5 Å². The molecule has 8 heteroatoms. The summed E-state index contributed by atoms with van der Waals surface area (Å²) in [4.78, 5) is 13.9. The van der Waals surface area contributed by atoms with E-state index in [2.05, 4.69) is 4.72 Å². The Morgan fingerprint density at radius 1 is 1.10 bits per heavy atom. The molecule has 2 aromatic rings. The second kappa shape index (κ2) is 8.82. The highest BCUT2D eigenvalue weighted by atomic mass is 32.2. The molecule has 0 radical (unpaired) electrons. The summed E-state index contributed by atoms with van der Waals surface area (Å²) in [5.41, 5.74) is 0.413.